The number of nitrogens with two attached hydrogens (primary N) is 1. The first kappa shape index (κ1) is 9.83. The molecule has 2 rings (SSSR count). The van der Waals surface area contributed by atoms with Crippen molar-refractivity contribution in [3.63, 3.8) is 0 Å². The van der Waals surface area contributed by atoms with E-state index in [9.17, 15) is 0 Å². The van der Waals surface area contributed by atoms with E-state index in [1.165, 1.54) is 0 Å². The average molecular weight is 205 g/mol. The lowest BCUT2D eigenvalue weighted by Gasteiger charge is -1.98. The first-order valence-electron chi connectivity index (χ1n) is 5.01. The lowest BCUT2D eigenvalue weighted by Crippen LogP contribution is -1.98. The molecule has 0 saturated heterocycles. The Morgan fingerprint density at radius 1 is 1.53 bits per heavy atom. The Morgan fingerprint density at radius 2 is 2.27 bits per heavy atom. The van der Waals surface area contributed by atoms with Crippen molar-refractivity contribution >= 4 is 5.82 Å². The summed E-state index contributed by atoms with van der Waals surface area (Å²) in [5, 5.41) is 4.38. The molecule has 0 saturated carbocycles. The number of rotatable bonds is 2. The van der Waals surface area contributed by atoms with Crippen LogP contribution in [-0.2, 0) is 13.5 Å². The van der Waals surface area contributed by atoms with Crippen LogP contribution in [0.3, 0.4) is 0 Å². The van der Waals surface area contributed by atoms with E-state index in [1.807, 2.05) is 20.0 Å². The fourth-order valence-electron chi connectivity index (χ4n) is 1.73. The monoisotopic (exact) mass is 205 g/mol. The predicted octanol–water partition coefficient (Wildman–Crippen LogP) is 2.13. The van der Waals surface area contributed by atoms with Gasteiger partial charge in [-0.1, -0.05) is 6.92 Å². The van der Waals surface area contributed by atoms with Gasteiger partial charge in [0.2, 0.25) is 0 Å². The number of nitrogens with zero attached hydrogens (tertiary/aromatic N) is 2. The van der Waals surface area contributed by atoms with E-state index in [0.29, 0.717) is 5.82 Å². The molecule has 80 valence electrons. The van der Waals surface area contributed by atoms with E-state index < -0.39 is 0 Å². The molecule has 2 heterocycles. The number of anilines is 1. The molecule has 0 radical (unpaired) electrons. The van der Waals surface area contributed by atoms with Gasteiger partial charge in [-0.05, 0) is 25.0 Å². The highest BCUT2D eigenvalue weighted by Crippen LogP contribution is 2.29. The largest absolute Gasteiger partial charge is 0.462 e. The van der Waals surface area contributed by atoms with Gasteiger partial charge in [-0.15, -0.1) is 0 Å². The molecular formula is C11H15N3O. The quantitative estimate of drug-likeness (QED) is 0.817. The molecule has 0 atom stereocenters. The van der Waals surface area contributed by atoms with Crippen molar-refractivity contribution in [3.05, 3.63) is 23.5 Å². The second-order valence-electron chi connectivity index (χ2n) is 3.62. The lowest BCUT2D eigenvalue weighted by atomic mass is 10.1. The second-order valence-corrected chi connectivity index (χ2v) is 3.62. The molecule has 4 nitrogen and oxygen atoms in total. The van der Waals surface area contributed by atoms with Crippen LogP contribution in [0.4, 0.5) is 5.82 Å². The van der Waals surface area contributed by atoms with Crippen molar-refractivity contribution in [2.45, 2.75) is 20.3 Å². The number of aromatic nitrogens is 2. The van der Waals surface area contributed by atoms with Gasteiger partial charge in [-0.2, -0.15) is 5.10 Å². The Bertz CT molecular complexity index is 482. The molecule has 0 amide bonds. The highest BCUT2D eigenvalue weighted by atomic mass is 16.3. The van der Waals surface area contributed by atoms with Gasteiger partial charge in [0.25, 0.3) is 0 Å². The molecular weight excluding hydrogens is 190 g/mol. The zero-order valence-electron chi connectivity index (χ0n) is 9.24. The van der Waals surface area contributed by atoms with Gasteiger partial charge in [-0.25, -0.2) is 0 Å². The first-order chi connectivity index (χ1) is 7.15. The summed E-state index contributed by atoms with van der Waals surface area (Å²) in [6.45, 7) is 4.07. The molecule has 0 aliphatic heterocycles. The Morgan fingerprint density at radius 3 is 2.80 bits per heavy atom. The molecule has 2 aromatic heterocycles. The number of furan rings is 1. The van der Waals surface area contributed by atoms with Gasteiger partial charge >= 0.3 is 0 Å². The molecule has 4 heteroatoms. The van der Waals surface area contributed by atoms with Gasteiger partial charge in [0, 0.05) is 12.6 Å². The minimum atomic E-state index is 0.711. The molecule has 0 aliphatic rings. The Hall–Kier alpha value is -1.71. The Labute approximate surface area is 88.7 Å². The van der Waals surface area contributed by atoms with Crippen molar-refractivity contribution in [1.82, 2.24) is 9.78 Å². The topological polar surface area (TPSA) is 57.0 Å². The lowest BCUT2D eigenvalue weighted by molar-refractivity contribution is 0.576. The number of aryl methyl sites for hydroxylation is 2. The van der Waals surface area contributed by atoms with Crippen molar-refractivity contribution in [2.24, 2.45) is 7.05 Å². The fraction of sp³-hybridized carbons (Fsp3) is 0.364. The summed E-state index contributed by atoms with van der Waals surface area (Å²) in [7, 11) is 1.84. The van der Waals surface area contributed by atoms with E-state index in [4.69, 9.17) is 10.2 Å². The van der Waals surface area contributed by atoms with Crippen LogP contribution in [0.5, 0.6) is 0 Å². The highest BCUT2D eigenvalue weighted by Gasteiger charge is 2.17. The van der Waals surface area contributed by atoms with Crippen molar-refractivity contribution in [2.75, 3.05) is 5.73 Å². The van der Waals surface area contributed by atoms with Crippen molar-refractivity contribution < 1.29 is 4.42 Å². The minimum Gasteiger partial charge on any atom is -0.462 e. The number of hydrogen-bond acceptors (Lipinski definition) is 3. The summed E-state index contributed by atoms with van der Waals surface area (Å²) in [6, 6.07) is 1.93. The van der Waals surface area contributed by atoms with E-state index in [-0.39, 0.29) is 0 Å². The number of nitrogen functional groups attached to an aromatic ring is 1. The predicted molar refractivity (Wildman–Crippen MR) is 59.4 cm³/mol. The molecule has 0 aliphatic carbocycles. The molecule has 2 aromatic rings. The van der Waals surface area contributed by atoms with E-state index in [0.717, 1.165) is 29.0 Å². The summed E-state index contributed by atoms with van der Waals surface area (Å²) in [5.74, 6) is 1.53. The van der Waals surface area contributed by atoms with Crippen LogP contribution >= 0.6 is 0 Å². The standard InChI is InChI=1S/C11H15N3O/c1-4-8-9(13-14(3)11(8)12)10-7(2)5-6-15-10/h5-6H,4,12H2,1-3H3. The van der Waals surface area contributed by atoms with E-state index in [1.54, 1.807) is 10.9 Å². The second kappa shape index (κ2) is 3.46. The first-order valence-corrected chi connectivity index (χ1v) is 5.01. The zero-order chi connectivity index (χ0) is 11.0. The van der Waals surface area contributed by atoms with E-state index >= 15 is 0 Å². The third-order valence-electron chi connectivity index (χ3n) is 2.62. The minimum absolute atomic E-state index is 0.711. The van der Waals surface area contributed by atoms with Crippen molar-refractivity contribution in [1.29, 1.82) is 0 Å². The molecule has 0 aromatic carbocycles. The maximum atomic E-state index is 5.93. The molecule has 0 spiro atoms. The maximum absolute atomic E-state index is 5.93. The molecule has 0 fully saturated rings. The van der Waals surface area contributed by atoms with Gasteiger partial charge in [0.1, 0.15) is 11.5 Å². The van der Waals surface area contributed by atoms with E-state index in [2.05, 4.69) is 12.0 Å². The average Bonchev–Trinajstić information content (AvgIpc) is 2.73. The van der Waals surface area contributed by atoms with Crippen molar-refractivity contribution in [3.8, 4) is 11.5 Å². The molecule has 0 unspecified atom stereocenters. The fourth-order valence-corrected chi connectivity index (χ4v) is 1.73. The Balaban J connectivity index is 2.63. The maximum Gasteiger partial charge on any atom is 0.157 e. The van der Waals surface area contributed by atoms with Crippen LogP contribution in [0.25, 0.3) is 11.5 Å². The summed E-state index contributed by atoms with van der Waals surface area (Å²) in [6.07, 6.45) is 2.53. The normalized spacial score (nSPS) is 10.9. The van der Waals surface area contributed by atoms with Crippen LogP contribution in [0.15, 0.2) is 16.7 Å². The van der Waals surface area contributed by atoms with Crippen LogP contribution in [0.1, 0.15) is 18.1 Å². The third-order valence-corrected chi connectivity index (χ3v) is 2.62. The smallest absolute Gasteiger partial charge is 0.157 e. The zero-order valence-corrected chi connectivity index (χ0v) is 9.24. The summed E-state index contributed by atoms with van der Waals surface area (Å²) in [4.78, 5) is 0. The van der Waals surface area contributed by atoms with Crippen LogP contribution in [0.2, 0.25) is 0 Å². The van der Waals surface area contributed by atoms with Gasteiger partial charge in [0.05, 0.1) is 6.26 Å². The molecule has 15 heavy (non-hydrogen) atoms. The third kappa shape index (κ3) is 1.42. The number of hydrogen-bond donors (Lipinski definition) is 1. The highest BCUT2D eigenvalue weighted by molar-refractivity contribution is 5.66. The summed E-state index contributed by atoms with van der Waals surface area (Å²) in [5.41, 5.74) is 8.93. The SMILES string of the molecule is CCc1c(-c2occc2C)nn(C)c1N. The van der Waals surface area contributed by atoms with Gasteiger partial charge in [0.15, 0.2) is 5.76 Å². The van der Waals surface area contributed by atoms with Crippen LogP contribution < -0.4 is 5.73 Å². The van der Waals surface area contributed by atoms with Crippen LogP contribution in [-0.4, -0.2) is 9.78 Å². The van der Waals surface area contributed by atoms with Gasteiger partial charge in [-0.3, -0.25) is 4.68 Å². The van der Waals surface area contributed by atoms with Gasteiger partial charge < -0.3 is 10.2 Å². The Kier molecular flexibility index (Phi) is 2.26. The summed E-state index contributed by atoms with van der Waals surface area (Å²) >= 11 is 0. The molecule has 2 N–H and O–H groups in total. The van der Waals surface area contributed by atoms with Crippen LogP contribution in [0, 0.1) is 6.92 Å². The summed E-state index contributed by atoms with van der Waals surface area (Å²) < 4.78 is 7.12. The molecule has 0 bridgehead atoms.